The SMILES string of the molecule is COc1cccc(NC(=O)C(=O)c2c(-c3ccc(F)cc3)cc3ccccn23)c1. The highest BCUT2D eigenvalue weighted by Crippen LogP contribution is 2.29. The Labute approximate surface area is 166 Å². The van der Waals surface area contributed by atoms with Crippen molar-refractivity contribution in [2.24, 2.45) is 0 Å². The van der Waals surface area contributed by atoms with Gasteiger partial charge in [0.2, 0.25) is 0 Å². The third kappa shape index (κ3) is 3.60. The van der Waals surface area contributed by atoms with Gasteiger partial charge in [-0.1, -0.05) is 24.3 Å². The van der Waals surface area contributed by atoms with Crippen molar-refractivity contribution in [2.75, 3.05) is 12.4 Å². The van der Waals surface area contributed by atoms with Crippen molar-refractivity contribution in [1.29, 1.82) is 0 Å². The number of hydrogen-bond acceptors (Lipinski definition) is 3. The Balaban J connectivity index is 1.75. The van der Waals surface area contributed by atoms with Gasteiger partial charge < -0.3 is 14.5 Å². The quantitative estimate of drug-likeness (QED) is 0.402. The molecule has 2 aromatic carbocycles. The van der Waals surface area contributed by atoms with Crippen LogP contribution in [0.5, 0.6) is 5.75 Å². The standard InChI is InChI=1S/C23H17FN2O3/c1-29-19-7-4-5-17(13-19)25-23(28)22(27)21-20(15-8-10-16(24)11-9-15)14-18-6-2-3-12-26(18)21/h2-14H,1H3,(H,25,28). The van der Waals surface area contributed by atoms with Crippen molar-refractivity contribution >= 4 is 22.9 Å². The van der Waals surface area contributed by atoms with Gasteiger partial charge in [-0.15, -0.1) is 0 Å². The second-order valence-electron chi connectivity index (χ2n) is 6.42. The zero-order valence-corrected chi connectivity index (χ0v) is 15.6. The van der Waals surface area contributed by atoms with E-state index >= 15 is 0 Å². The minimum Gasteiger partial charge on any atom is -0.497 e. The summed E-state index contributed by atoms with van der Waals surface area (Å²) in [4.78, 5) is 25.8. The number of anilines is 1. The molecule has 0 aliphatic rings. The van der Waals surface area contributed by atoms with Crippen LogP contribution in [0.1, 0.15) is 10.5 Å². The van der Waals surface area contributed by atoms with E-state index in [9.17, 15) is 14.0 Å². The molecule has 29 heavy (non-hydrogen) atoms. The zero-order valence-electron chi connectivity index (χ0n) is 15.6. The van der Waals surface area contributed by atoms with Gasteiger partial charge in [0.05, 0.1) is 7.11 Å². The van der Waals surface area contributed by atoms with E-state index in [0.29, 0.717) is 22.6 Å². The van der Waals surface area contributed by atoms with Gasteiger partial charge in [0.15, 0.2) is 0 Å². The predicted molar refractivity (Wildman–Crippen MR) is 109 cm³/mol. The first kappa shape index (κ1) is 18.4. The van der Waals surface area contributed by atoms with Crippen molar-refractivity contribution < 1.29 is 18.7 Å². The molecule has 2 heterocycles. The van der Waals surface area contributed by atoms with Gasteiger partial charge in [0, 0.05) is 29.0 Å². The van der Waals surface area contributed by atoms with E-state index in [1.54, 1.807) is 59.1 Å². The number of ketones is 1. The molecule has 0 unspecified atom stereocenters. The van der Waals surface area contributed by atoms with E-state index in [0.717, 1.165) is 5.52 Å². The molecule has 0 aliphatic carbocycles. The van der Waals surface area contributed by atoms with Crippen LogP contribution in [0.15, 0.2) is 79.0 Å². The Hall–Kier alpha value is -3.93. The Kier molecular flexibility index (Phi) is 4.83. The fraction of sp³-hybridized carbons (Fsp3) is 0.0435. The van der Waals surface area contributed by atoms with E-state index in [1.165, 1.54) is 19.2 Å². The van der Waals surface area contributed by atoms with E-state index in [4.69, 9.17) is 4.74 Å². The summed E-state index contributed by atoms with van der Waals surface area (Å²) in [6.45, 7) is 0. The first-order valence-corrected chi connectivity index (χ1v) is 8.92. The number of ether oxygens (including phenoxy) is 1. The fourth-order valence-corrected chi connectivity index (χ4v) is 3.20. The van der Waals surface area contributed by atoms with Crippen LogP contribution in [0.2, 0.25) is 0 Å². The number of rotatable bonds is 5. The number of amides is 1. The molecular weight excluding hydrogens is 371 g/mol. The number of carbonyl (C=O) groups is 2. The summed E-state index contributed by atoms with van der Waals surface area (Å²) in [5.74, 6) is -1.28. The molecule has 1 amide bonds. The Morgan fingerprint density at radius 2 is 1.76 bits per heavy atom. The van der Waals surface area contributed by atoms with Gasteiger partial charge in [-0.3, -0.25) is 9.59 Å². The molecule has 0 saturated carbocycles. The number of nitrogens with one attached hydrogen (secondary N) is 1. The third-order valence-electron chi connectivity index (χ3n) is 4.58. The zero-order chi connectivity index (χ0) is 20.4. The molecule has 0 bridgehead atoms. The molecule has 2 aromatic heterocycles. The lowest BCUT2D eigenvalue weighted by Gasteiger charge is -2.09. The molecule has 5 nitrogen and oxygen atoms in total. The molecule has 0 aliphatic heterocycles. The van der Waals surface area contributed by atoms with Crippen LogP contribution >= 0.6 is 0 Å². The van der Waals surface area contributed by atoms with Gasteiger partial charge in [-0.05, 0) is 48.0 Å². The number of pyridine rings is 1. The molecule has 1 N–H and O–H groups in total. The van der Waals surface area contributed by atoms with Crippen molar-refractivity contribution in [3.63, 3.8) is 0 Å². The summed E-state index contributed by atoms with van der Waals surface area (Å²) in [5.41, 5.74) is 2.62. The third-order valence-corrected chi connectivity index (χ3v) is 4.58. The van der Waals surface area contributed by atoms with Crippen LogP contribution in [0.4, 0.5) is 10.1 Å². The minimum atomic E-state index is -0.773. The second-order valence-corrected chi connectivity index (χ2v) is 6.42. The molecule has 6 heteroatoms. The van der Waals surface area contributed by atoms with E-state index in [-0.39, 0.29) is 11.5 Å². The number of halogens is 1. The lowest BCUT2D eigenvalue weighted by molar-refractivity contribution is -0.112. The van der Waals surface area contributed by atoms with E-state index in [1.807, 2.05) is 12.1 Å². The highest BCUT2D eigenvalue weighted by atomic mass is 19.1. The Morgan fingerprint density at radius 1 is 0.966 bits per heavy atom. The number of hydrogen-bond donors (Lipinski definition) is 1. The number of aromatic nitrogens is 1. The van der Waals surface area contributed by atoms with Crippen LogP contribution in [-0.2, 0) is 4.79 Å². The predicted octanol–water partition coefficient (Wildman–Crippen LogP) is 4.58. The molecule has 0 fully saturated rings. The molecule has 0 radical (unpaired) electrons. The van der Waals surface area contributed by atoms with E-state index < -0.39 is 11.7 Å². The van der Waals surface area contributed by atoms with Crippen LogP contribution in [0.25, 0.3) is 16.6 Å². The van der Waals surface area contributed by atoms with Crippen LogP contribution < -0.4 is 10.1 Å². The summed E-state index contributed by atoms with van der Waals surface area (Å²) >= 11 is 0. The highest BCUT2D eigenvalue weighted by Gasteiger charge is 2.25. The van der Waals surface area contributed by atoms with Crippen molar-refractivity contribution in [3.8, 4) is 16.9 Å². The van der Waals surface area contributed by atoms with Gasteiger partial charge >= 0.3 is 0 Å². The van der Waals surface area contributed by atoms with Gasteiger partial charge in [-0.25, -0.2) is 4.39 Å². The summed E-state index contributed by atoms with van der Waals surface area (Å²) in [7, 11) is 1.52. The number of Topliss-reactive ketones (excluding diaryl/α,β-unsaturated/α-hetero) is 1. The fourth-order valence-electron chi connectivity index (χ4n) is 3.20. The highest BCUT2D eigenvalue weighted by molar-refractivity contribution is 6.47. The molecular formula is C23H17FN2O3. The summed E-state index contributed by atoms with van der Waals surface area (Å²) in [6.07, 6.45) is 1.72. The van der Waals surface area contributed by atoms with E-state index in [2.05, 4.69) is 5.32 Å². The van der Waals surface area contributed by atoms with Crippen molar-refractivity contribution in [3.05, 3.63) is 90.5 Å². The van der Waals surface area contributed by atoms with Gasteiger partial charge in [0.1, 0.15) is 17.3 Å². The van der Waals surface area contributed by atoms with Crippen LogP contribution in [0.3, 0.4) is 0 Å². The largest absolute Gasteiger partial charge is 0.497 e. The second kappa shape index (κ2) is 7.59. The number of benzene rings is 2. The Bertz CT molecular complexity index is 1210. The van der Waals surface area contributed by atoms with Gasteiger partial charge in [-0.2, -0.15) is 0 Å². The summed E-state index contributed by atoms with van der Waals surface area (Å²) < 4.78 is 20.2. The van der Waals surface area contributed by atoms with Crippen LogP contribution in [0, 0.1) is 5.82 Å². The first-order valence-electron chi connectivity index (χ1n) is 8.92. The maximum Gasteiger partial charge on any atom is 0.298 e. The Morgan fingerprint density at radius 3 is 2.52 bits per heavy atom. The molecule has 0 saturated heterocycles. The first-order chi connectivity index (χ1) is 14.1. The average Bonchev–Trinajstić information content (AvgIpc) is 3.13. The van der Waals surface area contributed by atoms with Crippen molar-refractivity contribution in [1.82, 2.24) is 4.40 Å². The average molecular weight is 388 g/mol. The normalized spacial score (nSPS) is 10.7. The lowest BCUT2D eigenvalue weighted by Crippen LogP contribution is -2.24. The summed E-state index contributed by atoms with van der Waals surface area (Å²) in [6, 6.07) is 19.8. The smallest absolute Gasteiger partial charge is 0.298 e. The topological polar surface area (TPSA) is 59.8 Å². The maximum absolute atomic E-state index is 13.4. The molecule has 4 rings (SSSR count). The molecule has 144 valence electrons. The van der Waals surface area contributed by atoms with Crippen LogP contribution in [-0.4, -0.2) is 23.2 Å². The monoisotopic (exact) mass is 388 g/mol. The molecule has 4 aromatic rings. The maximum atomic E-state index is 13.4. The number of carbonyl (C=O) groups excluding carboxylic acids is 2. The minimum absolute atomic E-state index is 0.215. The molecule has 0 spiro atoms. The molecule has 0 atom stereocenters. The lowest BCUT2D eigenvalue weighted by atomic mass is 10.0. The number of fused-ring (bicyclic) bond motifs is 1. The summed E-state index contributed by atoms with van der Waals surface area (Å²) in [5, 5.41) is 2.62. The number of nitrogens with zero attached hydrogens (tertiary/aromatic N) is 1. The van der Waals surface area contributed by atoms with Gasteiger partial charge in [0.25, 0.3) is 11.7 Å². The number of methoxy groups -OCH3 is 1. The van der Waals surface area contributed by atoms with Crippen molar-refractivity contribution in [2.45, 2.75) is 0 Å².